The number of carbonyl (C=O) groups is 2. The molecule has 3 aromatic rings. The van der Waals surface area contributed by atoms with Crippen LogP contribution in [-0.4, -0.2) is 23.6 Å². The van der Waals surface area contributed by atoms with Gasteiger partial charge >= 0.3 is 0 Å². The number of amides is 2. The summed E-state index contributed by atoms with van der Waals surface area (Å²) in [7, 11) is 0. The topological polar surface area (TPSA) is 89.6 Å². The van der Waals surface area contributed by atoms with Crippen molar-refractivity contribution in [2.75, 3.05) is 12.1 Å². The van der Waals surface area contributed by atoms with Gasteiger partial charge in [0.25, 0.3) is 11.8 Å². The number of pyridine rings is 1. The minimum atomic E-state index is -0.370. The number of anilines is 1. The van der Waals surface area contributed by atoms with Crippen LogP contribution in [0, 0.1) is 6.92 Å². The molecule has 2 N–H and O–H groups in total. The van der Waals surface area contributed by atoms with Gasteiger partial charge in [0.15, 0.2) is 11.5 Å². The Labute approximate surface area is 167 Å². The fourth-order valence-corrected chi connectivity index (χ4v) is 2.95. The van der Waals surface area contributed by atoms with E-state index in [0.29, 0.717) is 29.3 Å². The monoisotopic (exact) mass is 389 g/mol. The minimum absolute atomic E-state index is 0.163. The van der Waals surface area contributed by atoms with Crippen LogP contribution in [0.3, 0.4) is 0 Å². The summed E-state index contributed by atoms with van der Waals surface area (Å²) in [6, 6.07) is 14.5. The van der Waals surface area contributed by atoms with Gasteiger partial charge in [0.05, 0.1) is 11.1 Å². The molecule has 1 aromatic heterocycles. The van der Waals surface area contributed by atoms with Crippen LogP contribution in [0.25, 0.3) is 0 Å². The molecule has 29 heavy (non-hydrogen) atoms. The lowest BCUT2D eigenvalue weighted by atomic mass is 10.1. The summed E-state index contributed by atoms with van der Waals surface area (Å²) < 4.78 is 10.6. The molecule has 0 saturated carbocycles. The van der Waals surface area contributed by atoms with E-state index in [1.54, 1.807) is 18.2 Å². The van der Waals surface area contributed by atoms with Gasteiger partial charge in [-0.05, 0) is 36.2 Å². The average molecular weight is 389 g/mol. The molecule has 0 unspecified atom stereocenters. The Morgan fingerprint density at radius 1 is 0.966 bits per heavy atom. The number of hydrogen-bond acceptors (Lipinski definition) is 5. The van der Waals surface area contributed by atoms with Crippen molar-refractivity contribution < 1.29 is 19.1 Å². The van der Waals surface area contributed by atoms with Gasteiger partial charge in [0.2, 0.25) is 6.79 Å². The number of carbonyl (C=O) groups excluding carboxylic acids is 2. The molecule has 0 radical (unpaired) electrons. The average Bonchev–Trinajstić information content (AvgIpc) is 3.21. The van der Waals surface area contributed by atoms with Gasteiger partial charge in [-0.2, -0.15) is 0 Å². The molecule has 0 spiro atoms. The Hall–Kier alpha value is -3.87. The first-order valence-electron chi connectivity index (χ1n) is 9.09. The van der Waals surface area contributed by atoms with E-state index in [9.17, 15) is 9.59 Å². The fourth-order valence-electron chi connectivity index (χ4n) is 2.95. The molecule has 1 aliphatic heterocycles. The first kappa shape index (κ1) is 18.5. The highest BCUT2D eigenvalue weighted by atomic mass is 16.7. The molecule has 0 bridgehead atoms. The highest BCUT2D eigenvalue weighted by molar-refractivity contribution is 6.06. The van der Waals surface area contributed by atoms with E-state index in [2.05, 4.69) is 15.6 Å². The van der Waals surface area contributed by atoms with Gasteiger partial charge in [-0.3, -0.25) is 14.6 Å². The maximum atomic E-state index is 12.6. The smallest absolute Gasteiger partial charge is 0.257 e. The lowest BCUT2D eigenvalue weighted by Gasteiger charge is -2.09. The number of aromatic nitrogens is 1. The highest BCUT2D eigenvalue weighted by Gasteiger charge is 2.16. The lowest BCUT2D eigenvalue weighted by Crippen LogP contribution is -2.24. The Morgan fingerprint density at radius 3 is 2.55 bits per heavy atom. The van der Waals surface area contributed by atoms with E-state index in [-0.39, 0.29) is 24.2 Å². The maximum Gasteiger partial charge on any atom is 0.257 e. The third kappa shape index (κ3) is 4.19. The van der Waals surface area contributed by atoms with Crippen molar-refractivity contribution >= 4 is 17.5 Å². The van der Waals surface area contributed by atoms with Crippen molar-refractivity contribution in [2.24, 2.45) is 0 Å². The molecule has 7 nitrogen and oxygen atoms in total. The molecule has 2 heterocycles. The highest BCUT2D eigenvalue weighted by Crippen LogP contribution is 2.34. The second-order valence-corrected chi connectivity index (χ2v) is 6.59. The summed E-state index contributed by atoms with van der Waals surface area (Å²) in [5.41, 5.74) is 3.30. The molecule has 1 aliphatic rings. The summed E-state index contributed by atoms with van der Waals surface area (Å²) in [4.78, 5) is 29.1. The van der Waals surface area contributed by atoms with Crippen LogP contribution in [0.2, 0.25) is 0 Å². The number of ether oxygens (including phenoxy) is 2. The fraction of sp³-hybridized carbons (Fsp3) is 0.136. The summed E-state index contributed by atoms with van der Waals surface area (Å²) in [6.07, 6.45) is 2.85. The van der Waals surface area contributed by atoms with E-state index >= 15 is 0 Å². The Kier molecular flexibility index (Phi) is 5.11. The van der Waals surface area contributed by atoms with Gasteiger partial charge in [-0.1, -0.05) is 24.3 Å². The third-order valence-electron chi connectivity index (χ3n) is 4.59. The van der Waals surface area contributed by atoms with Crippen LogP contribution in [0.5, 0.6) is 11.5 Å². The molecular weight excluding hydrogens is 370 g/mol. The van der Waals surface area contributed by atoms with Gasteiger partial charge in [0, 0.05) is 30.7 Å². The molecule has 146 valence electrons. The summed E-state index contributed by atoms with van der Waals surface area (Å²) in [6.45, 7) is 2.56. The number of nitrogens with zero attached hydrogens (tertiary/aromatic N) is 1. The van der Waals surface area contributed by atoms with E-state index in [1.165, 1.54) is 18.5 Å². The summed E-state index contributed by atoms with van der Waals surface area (Å²) >= 11 is 0. The molecule has 7 heteroatoms. The van der Waals surface area contributed by atoms with Gasteiger partial charge < -0.3 is 20.1 Å². The molecule has 0 atom stereocenters. The first-order chi connectivity index (χ1) is 14.1. The zero-order valence-electron chi connectivity index (χ0n) is 15.8. The van der Waals surface area contributed by atoms with Crippen molar-refractivity contribution in [2.45, 2.75) is 13.5 Å². The Balaban J connectivity index is 1.43. The number of fused-ring (bicyclic) bond motifs is 1. The number of aryl methyl sites for hydroxylation is 1. The standard InChI is InChI=1S/C22H19N3O4/c1-14-4-2-3-5-15(14)12-24-21(26)16-8-17(11-23-10-16)22(27)25-18-6-7-19-20(9-18)29-13-28-19/h2-11H,12-13H2,1H3,(H,24,26)(H,25,27). The lowest BCUT2D eigenvalue weighted by molar-refractivity contribution is 0.0950. The van der Waals surface area contributed by atoms with Crippen molar-refractivity contribution in [3.63, 3.8) is 0 Å². The number of nitrogens with one attached hydrogen (secondary N) is 2. The summed E-state index contributed by atoms with van der Waals surface area (Å²) in [5.74, 6) is 0.547. The number of hydrogen-bond donors (Lipinski definition) is 2. The predicted octanol–water partition coefficient (Wildman–Crippen LogP) is 3.30. The molecule has 0 saturated heterocycles. The van der Waals surface area contributed by atoms with E-state index in [1.807, 2.05) is 31.2 Å². The van der Waals surface area contributed by atoms with Gasteiger partial charge in [0.1, 0.15) is 0 Å². The van der Waals surface area contributed by atoms with Crippen molar-refractivity contribution in [1.29, 1.82) is 0 Å². The van der Waals surface area contributed by atoms with Crippen LogP contribution < -0.4 is 20.1 Å². The van der Waals surface area contributed by atoms with Crippen molar-refractivity contribution in [1.82, 2.24) is 10.3 Å². The van der Waals surface area contributed by atoms with Crippen LogP contribution in [0.4, 0.5) is 5.69 Å². The zero-order chi connectivity index (χ0) is 20.2. The van der Waals surface area contributed by atoms with Crippen LogP contribution in [-0.2, 0) is 6.54 Å². The molecule has 2 aromatic carbocycles. The third-order valence-corrected chi connectivity index (χ3v) is 4.59. The number of rotatable bonds is 5. The largest absolute Gasteiger partial charge is 0.454 e. The van der Waals surface area contributed by atoms with Crippen molar-refractivity contribution in [3.8, 4) is 11.5 Å². The predicted molar refractivity (Wildman–Crippen MR) is 107 cm³/mol. The van der Waals surface area contributed by atoms with Gasteiger partial charge in [-0.15, -0.1) is 0 Å². The summed E-state index contributed by atoms with van der Waals surface area (Å²) in [5, 5.41) is 5.63. The molecule has 0 aliphatic carbocycles. The second kappa shape index (κ2) is 8.02. The normalized spacial score (nSPS) is 11.8. The van der Waals surface area contributed by atoms with Crippen LogP contribution in [0.1, 0.15) is 31.8 Å². The van der Waals surface area contributed by atoms with Crippen molar-refractivity contribution in [3.05, 3.63) is 83.2 Å². The zero-order valence-corrected chi connectivity index (χ0v) is 15.8. The quantitative estimate of drug-likeness (QED) is 0.699. The van der Waals surface area contributed by atoms with E-state index in [0.717, 1.165) is 11.1 Å². The van der Waals surface area contributed by atoms with Crippen LogP contribution in [0.15, 0.2) is 60.9 Å². The molecule has 2 amide bonds. The Morgan fingerprint density at radius 2 is 1.72 bits per heavy atom. The van der Waals surface area contributed by atoms with E-state index < -0.39 is 0 Å². The van der Waals surface area contributed by atoms with E-state index in [4.69, 9.17) is 9.47 Å². The first-order valence-corrected chi connectivity index (χ1v) is 9.09. The van der Waals surface area contributed by atoms with Gasteiger partial charge in [-0.25, -0.2) is 0 Å². The molecular formula is C22H19N3O4. The maximum absolute atomic E-state index is 12.6. The second-order valence-electron chi connectivity index (χ2n) is 6.59. The molecule has 4 rings (SSSR count). The SMILES string of the molecule is Cc1ccccc1CNC(=O)c1cncc(C(=O)Nc2ccc3c(c2)OCO3)c1. The van der Waals surface area contributed by atoms with Crippen LogP contribution >= 0.6 is 0 Å². The number of benzene rings is 2. The Bertz CT molecular complexity index is 1080. The molecule has 0 fully saturated rings. The minimum Gasteiger partial charge on any atom is -0.454 e.